The van der Waals surface area contributed by atoms with Crippen molar-refractivity contribution < 1.29 is 17.3 Å². The van der Waals surface area contributed by atoms with Gasteiger partial charge in [-0.25, -0.2) is 4.98 Å². The summed E-state index contributed by atoms with van der Waals surface area (Å²) in [6.45, 7) is 1.67. The molecule has 0 fully saturated rings. The first-order valence-electron chi connectivity index (χ1n) is 6.03. The fourth-order valence-corrected chi connectivity index (χ4v) is 2.81. The predicted molar refractivity (Wildman–Crippen MR) is 74.4 cm³/mol. The molecule has 2 rings (SSSR count). The summed E-state index contributed by atoms with van der Waals surface area (Å²) in [5.41, 5.74) is 0.873. The Morgan fingerprint density at radius 1 is 1.30 bits per heavy atom. The molecule has 1 atom stereocenters. The lowest BCUT2D eigenvalue weighted by Crippen LogP contribution is -2.23. The monoisotopic (exact) mass is 296 g/mol. The van der Waals surface area contributed by atoms with Crippen molar-refractivity contribution in [1.29, 1.82) is 0 Å². The van der Waals surface area contributed by atoms with Gasteiger partial charge in [0.15, 0.2) is 0 Å². The first-order chi connectivity index (χ1) is 9.50. The van der Waals surface area contributed by atoms with Gasteiger partial charge in [0.1, 0.15) is 11.5 Å². The summed E-state index contributed by atoms with van der Waals surface area (Å²) in [6.07, 6.45) is 4.71. The number of aromatic nitrogens is 2. The number of benzene rings is 1. The fraction of sp³-hybridized carbons (Fsp3) is 0.308. The standard InChI is InChI=1S/C13H16N2O4S/c1-11(18-2)9-20(16,17)19-13-5-3-12(4-6-13)15-8-7-14-10-15/h3-8,10-11H,9H2,1-2H3/t11-/m0/s1. The number of imidazole rings is 1. The summed E-state index contributed by atoms with van der Waals surface area (Å²) < 4.78 is 35.3. The third kappa shape index (κ3) is 3.82. The van der Waals surface area contributed by atoms with E-state index in [1.165, 1.54) is 7.11 Å². The largest absolute Gasteiger partial charge is 0.382 e. The molecule has 2 aromatic rings. The van der Waals surface area contributed by atoms with E-state index < -0.39 is 16.2 Å². The van der Waals surface area contributed by atoms with Gasteiger partial charge in [-0.2, -0.15) is 8.42 Å². The molecule has 1 aromatic heterocycles. The molecule has 1 heterocycles. The number of hydrogen-bond donors (Lipinski definition) is 0. The van der Waals surface area contributed by atoms with Gasteiger partial charge in [-0.05, 0) is 31.2 Å². The van der Waals surface area contributed by atoms with Gasteiger partial charge in [0.25, 0.3) is 0 Å². The Bertz CT molecular complexity index is 636. The average Bonchev–Trinajstić information content (AvgIpc) is 2.92. The summed E-state index contributed by atoms with van der Waals surface area (Å²) in [7, 11) is -2.20. The second kappa shape index (κ2) is 6.06. The first-order valence-corrected chi connectivity index (χ1v) is 7.61. The highest BCUT2D eigenvalue weighted by Gasteiger charge is 2.17. The molecule has 0 amide bonds. The molecule has 0 radical (unpaired) electrons. The molecule has 0 N–H and O–H groups in total. The molecule has 0 saturated carbocycles. The van der Waals surface area contributed by atoms with Crippen molar-refractivity contribution >= 4 is 10.1 Å². The van der Waals surface area contributed by atoms with Gasteiger partial charge < -0.3 is 13.5 Å². The maximum Gasteiger partial charge on any atom is 0.311 e. The Balaban J connectivity index is 2.07. The van der Waals surface area contributed by atoms with Crippen molar-refractivity contribution in [2.75, 3.05) is 12.9 Å². The van der Waals surface area contributed by atoms with Crippen LogP contribution in [0.3, 0.4) is 0 Å². The lowest BCUT2D eigenvalue weighted by atomic mass is 10.3. The molecule has 20 heavy (non-hydrogen) atoms. The van der Waals surface area contributed by atoms with Crippen LogP contribution in [0.25, 0.3) is 5.69 Å². The third-order valence-electron chi connectivity index (χ3n) is 2.70. The van der Waals surface area contributed by atoms with Crippen LogP contribution in [0.4, 0.5) is 0 Å². The maximum absolute atomic E-state index is 11.8. The van der Waals surface area contributed by atoms with Crippen molar-refractivity contribution in [2.45, 2.75) is 13.0 Å². The number of methoxy groups -OCH3 is 1. The van der Waals surface area contributed by atoms with Crippen LogP contribution in [0, 0.1) is 0 Å². The van der Waals surface area contributed by atoms with E-state index in [1.807, 2.05) is 4.57 Å². The van der Waals surface area contributed by atoms with E-state index in [0.29, 0.717) is 0 Å². The topological polar surface area (TPSA) is 70.4 Å². The van der Waals surface area contributed by atoms with Gasteiger partial charge in [0, 0.05) is 25.2 Å². The summed E-state index contributed by atoms with van der Waals surface area (Å²) >= 11 is 0. The minimum atomic E-state index is -3.66. The highest BCUT2D eigenvalue weighted by atomic mass is 32.2. The van der Waals surface area contributed by atoms with Gasteiger partial charge >= 0.3 is 10.1 Å². The Morgan fingerprint density at radius 3 is 2.55 bits per heavy atom. The Hall–Kier alpha value is -1.86. The lowest BCUT2D eigenvalue weighted by molar-refractivity contribution is 0.135. The average molecular weight is 296 g/mol. The lowest BCUT2D eigenvalue weighted by Gasteiger charge is -2.11. The second-order valence-electron chi connectivity index (χ2n) is 4.32. The fourth-order valence-electron chi connectivity index (χ4n) is 1.62. The van der Waals surface area contributed by atoms with Crippen molar-refractivity contribution in [1.82, 2.24) is 9.55 Å². The number of hydrogen-bond acceptors (Lipinski definition) is 5. The Kier molecular flexibility index (Phi) is 4.41. The van der Waals surface area contributed by atoms with Gasteiger partial charge in [0.05, 0.1) is 12.4 Å². The van der Waals surface area contributed by atoms with Crippen molar-refractivity contribution in [3.63, 3.8) is 0 Å². The summed E-state index contributed by atoms with van der Waals surface area (Å²) in [5, 5.41) is 0. The van der Waals surface area contributed by atoms with E-state index in [1.54, 1.807) is 49.9 Å². The molecular formula is C13H16N2O4S. The van der Waals surface area contributed by atoms with E-state index >= 15 is 0 Å². The zero-order valence-electron chi connectivity index (χ0n) is 11.3. The minimum absolute atomic E-state index is 0.188. The van der Waals surface area contributed by atoms with E-state index in [4.69, 9.17) is 8.92 Å². The van der Waals surface area contributed by atoms with Crippen LogP contribution in [-0.4, -0.2) is 36.9 Å². The Labute approximate surface area is 118 Å². The quantitative estimate of drug-likeness (QED) is 0.757. The molecule has 1 aromatic carbocycles. The van der Waals surface area contributed by atoms with Crippen LogP contribution in [0.2, 0.25) is 0 Å². The molecule has 0 aliphatic heterocycles. The zero-order chi connectivity index (χ0) is 14.6. The molecule has 0 unspecified atom stereocenters. The van der Waals surface area contributed by atoms with E-state index in [-0.39, 0.29) is 11.5 Å². The van der Waals surface area contributed by atoms with Gasteiger partial charge in [-0.3, -0.25) is 0 Å². The van der Waals surface area contributed by atoms with Gasteiger partial charge in [0.2, 0.25) is 0 Å². The minimum Gasteiger partial charge on any atom is -0.382 e. The normalized spacial score (nSPS) is 13.1. The van der Waals surface area contributed by atoms with Crippen LogP contribution in [-0.2, 0) is 14.9 Å². The van der Waals surface area contributed by atoms with Crippen LogP contribution in [0.15, 0.2) is 43.0 Å². The zero-order valence-corrected chi connectivity index (χ0v) is 12.1. The van der Waals surface area contributed by atoms with Gasteiger partial charge in [-0.15, -0.1) is 0 Å². The Morgan fingerprint density at radius 2 is 2.00 bits per heavy atom. The number of nitrogens with zero attached hydrogens (tertiary/aromatic N) is 2. The number of ether oxygens (including phenoxy) is 1. The SMILES string of the molecule is CO[C@@H](C)CS(=O)(=O)Oc1ccc(-n2ccnc2)cc1. The van der Waals surface area contributed by atoms with Crippen LogP contribution >= 0.6 is 0 Å². The predicted octanol–water partition coefficient (Wildman–Crippen LogP) is 1.62. The van der Waals surface area contributed by atoms with Crippen molar-refractivity contribution in [2.24, 2.45) is 0 Å². The maximum atomic E-state index is 11.8. The van der Waals surface area contributed by atoms with E-state index in [9.17, 15) is 8.42 Å². The number of rotatable bonds is 6. The van der Waals surface area contributed by atoms with Crippen LogP contribution in [0.5, 0.6) is 5.75 Å². The van der Waals surface area contributed by atoms with E-state index in [0.717, 1.165) is 5.69 Å². The molecular weight excluding hydrogens is 280 g/mol. The smallest absolute Gasteiger partial charge is 0.311 e. The van der Waals surface area contributed by atoms with Crippen LogP contribution in [0.1, 0.15) is 6.92 Å². The molecule has 0 saturated heterocycles. The third-order valence-corrected chi connectivity index (χ3v) is 4.03. The molecule has 6 nitrogen and oxygen atoms in total. The van der Waals surface area contributed by atoms with Gasteiger partial charge in [-0.1, -0.05) is 0 Å². The first kappa shape index (κ1) is 14.5. The molecule has 108 valence electrons. The second-order valence-corrected chi connectivity index (χ2v) is 5.93. The molecule has 7 heteroatoms. The van der Waals surface area contributed by atoms with Crippen molar-refractivity contribution in [3.05, 3.63) is 43.0 Å². The molecule has 0 bridgehead atoms. The summed E-state index contributed by atoms with van der Waals surface area (Å²) in [6, 6.07) is 6.72. The molecule has 0 aliphatic carbocycles. The molecule has 0 aliphatic rings. The molecule has 0 spiro atoms. The van der Waals surface area contributed by atoms with E-state index in [2.05, 4.69) is 4.98 Å². The highest BCUT2D eigenvalue weighted by molar-refractivity contribution is 7.87. The summed E-state index contributed by atoms with van der Waals surface area (Å²) in [5.74, 6) is 0.0874. The van der Waals surface area contributed by atoms with Crippen molar-refractivity contribution in [3.8, 4) is 11.4 Å². The summed E-state index contributed by atoms with van der Waals surface area (Å²) in [4.78, 5) is 3.94. The van der Waals surface area contributed by atoms with Crippen LogP contribution < -0.4 is 4.18 Å². The highest BCUT2D eigenvalue weighted by Crippen LogP contribution is 2.17.